The summed E-state index contributed by atoms with van der Waals surface area (Å²) in [5.74, 6) is 0. The molecule has 0 aliphatic carbocycles. The Morgan fingerprint density at radius 1 is 1.29 bits per heavy atom. The molecule has 0 saturated heterocycles. The number of hydrogen-bond acceptors (Lipinski definition) is 1. The van der Waals surface area contributed by atoms with Crippen LogP contribution in [0.4, 0.5) is 4.79 Å². The maximum absolute atomic E-state index is 10.8. The number of aryl methyl sites for hydroxylation is 1. The Morgan fingerprint density at radius 2 is 2.00 bits per heavy atom. The first kappa shape index (κ1) is 9.06. The lowest BCUT2D eigenvalue weighted by Crippen LogP contribution is -2.28. The van der Waals surface area contributed by atoms with Crippen LogP contribution in [-0.2, 0) is 13.0 Å². The topological polar surface area (TPSA) is 40.5 Å². The van der Waals surface area contributed by atoms with Gasteiger partial charge in [0.25, 0.3) is 0 Å². The second-order valence-corrected chi connectivity index (χ2v) is 3.58. The minimum absolute atomic E-state index is 0.533. The van der Waals surface area contributed by atoms with Crippen molar-refractivity contribution < 1.29 is 9.90 Å². The quantitative estimate of drug-likeness (QED) is 0.682. The van der Waals surface area contributed by atoms with E-state index < -0.39 is 6.09 Å². The van der Waals surface area contributed by atoms with Crippen LogP contribution in [-0.4, -0.2) is 22.6 Å². The van der Waals surface area contributed by atoms with Crippen LogP contribution in [0.5, 0.6) is 0 Å². The SMILES string of the molecule is O=C(O)N1CCCc2ccccc2C1. The van der Waals surface area contributed by atoms with Crippen LogP contribution in [0.25, 0.3) is 0 Å². The first-order valence-corrected chi connectivity index (χ1v) is 4.82. The molecule has 1 aromatic rings. The summed E-state index contributed by atoms with van der Waals surface area (Å²) in [6.45, 7) is 1.18. The number of rotatable bonds is 0. The fourth-order valence-electron chi connectivity index (χ4n) is 1.86. The van der Waals surface area contributed by atoms with E-state index in [0.29, 0.717) is 13.1 Å². The summed E-state index contributed by atoms with van der Waals surface area (Å²) in [5.41, 5.74) is 2.43. The predicted molar refractivity (Wildman–Crippen MR) is 53.2 cm³/mol. The molecule has 2 rings (SSSR count). The van der Waals surface area contributed by atoms with Crippen LogP contribution >= 0.6 is 0 Å². The van der Waals surface area contributed by atoms with Crippen molar-refractivity contribution in [3.05, 3.63) is 35.4 Å². The third-order valence-corrected chi connectivity index (χ3v) is 2.62. The highest BCUT2D eigenvalue weighted by Crippen LogP contribution is 2.18. The number of amides is 1. The third kappa shape index (κ3) is 1.71. The molecule has 0 bridgehead atoms. The standard InChI is InChI=1S/C11H13NO2/c13-11(14)12-7-3-6-9-4-1-2-5-10(9)8-12/h1-2,4-5H,3,6-8H2,(H,13,14). The molecule has 0 spiro atoms. The summed E-state index contributed by atoms with van der Waals surface area (Å²) in [7, 11) is 0. The normalized spacial score (nSPS) is 15.9. The Hall–Kier alpha value is -1.51. The van der Waals surface area contributed by atoms with Gasteiger partial charge in [-0.15, -0.1) is 0 Å². The lowest BCUT2D eigenvalue weighted by Gasteiger charge is -2.16. The molecule has 0 unspecified atom stereocenters. The molecule has 3 heteroatoms. The van der Waals surface area contributed by atoms with Gasteiger partial charge in [-0.1, -0.05) is 24.3 Å². The average molecular weight is 191 g/mol. The summed E-state index contributed by atoms with van der Waals surface area (Å²) in [5, 5.41) is 8.91. The number of carboxylic acid groups (broad SMARTS) is 1. The molecule has 1 heterocycles. The van der Waals surface area contributed by atoms with Gasteiger partial charge in [0.15, 0.2) is 0 Å². The predicted octanol–water partition coefficient (Wildman–Crippen LogP) is 2.11. The highest BCUT2D eigenvalue weighted by molar-refractivity contribution is 5.65. The van der Waals surface area contributed by atoms with Crippen molar-refractivity contribution in [1.29, 1.82) is 0 Å². The third-order valence-electron chi connectivity index (χ3n) is 2.62. The second-order valence-electron chi connectivity index (χ2n) is 3.58. The highest BCUT2D eigenvalue weighted by Gasteiger charge is 2.17. The van der Waals surface area contributed by atoms with Crippen LogP contribution in [0.1, 0.15) is 17.5 Å². The number of benzene rings is 1. The lowest BCUT2D eigenvalue weighted by atomic mass is 10.0. The Morgan fingerprint density at radius 3 is 2.71 bits per heavy atom. The van der Waals surface area contributed by atoms with E-state index in [1.165, 1.54) is 10.5 Å². The zero-order valence-corrected chi connectivity index (χ0v) is 7.94. The van der Waals surface area contributed by atoms with Crippen LogP contribution in [0.3, 0.4) is 0 Å². The Kier molecular flexibility index (Phi) is 2.39. The van der Waals surface area contributed by atoms with E-state index in [4.69, 9.17) is 5.11 Å². The van der Waals surface area contributed by atoms with Crippen LogP contribution in [0, 0.1) is 0 Å². The molecule has 0 saturated carbocycles. The van der Waals surface area contributed by atoms with E-state index in [-0.39, 0.29) is 0 Å². The van der Waals surface area contributed by atoms with Crippen molar-refractivity contribution in [3.8, 4) is 0 Å². The number of carbonyl (C=O) groups is 1. The summed E-state index contributed by atoms with van der Waals surface area (Å²) in [6.07, 6.45) is 1.09. The zero-order valence-electron chi connectivity index (χ0n) is 7.94. The second kappa shape index (κ2) is 3.70. The van der Waals surface area contributed by atoms with Gasteiger partial charge in [0.1, 0.15) is 0 Å². The molecule has 1 aliphatic heterocycles. The molecule has 1 aliphatic rings. The molecule has 1 N–H and O–H groups in total. The molecule has 14 heavy (non-hydrogen) atoms. The van der Waals surface area contributed by atoms with Crippen molar-refractivity contribution >= 4 is 6.09 Å². The van der Waals surface area contributed by atoms with Crippen LogP contribution in [0.2, 0.25) is 0 Å². The summed E-state index contributed by atoms with van der Waals surface area (Å²) in [4.78, 5) is 12.3. The molecule has 1 aromatic carbocycles. The first-order chi connectivity index (χ1) is 6.77. The lowest BCUT2D eigenvalue weighted by molar-refractivity contribution is 0.143. The van der Waals surface area contributed by atoms with Gasteiger partial charge in [-0.3, -0.25) is 0 Å². The van der Waals surface area contributed by atoms with E-state index in [9.17, 15) is 4.79 Å². The maximum Gasteiger partial charge on any atom is 0.407 e. The molecular formula is C11H13NO2. The van der Waals surface area contributed by atoms with Crippen LogP contribution in [0.15, 0.2) is 24.3 Å². The number of fused-ring (bicyclic) bond motifs is 1. The average Bonchev–Trinajstić information content (AvgIpc) is 2.39. The zero-order chi connectivity index (χ0) is 9.97. The molecule has 0 radical (unpaired) electrons. The molecule has 1 amide bonds. The van der Waals surface area contributed by atoms with Gasteiger partial charge < -0.3 is 10.0 Å². The molecule has 3 nitrogen and oxygen atoms in total. The minimum Gasteiger partial charge on any atom is -0.465 e. The number of hydrogen-bond donors (Lipinski definition) is 1. The van der Waals surface area contributed by atoms with E-state index in [0.717, 1.165) is 18.4 Å². The largest absolute Gasteiger partial charge is 0.465 e. The fraction of sp³-hybridized carbons (Fsp3) is 0.364. The Labute approximate surface area is 83.0 Å². The Balaban J connectivity index is 2.26. The van der Waals surface area contributed by atoms with E-state index in [1.807, 2.05) is 18.2 Å². The van der Waals surface area contributed by atoms with Gasteiger partial charge in [-0.05, 0) is 24.0 Å². The molecule has 0 fully saturated rings. The van der Waals surface area contributed by atoms with E-state index in [1.54, 1.807) is 0 Å². The van der Waals surface area contributed by atoms with Crippen molar-refractivity contribution in [2.24, 2.45) is 0 Å². The number of nitrogens with zero attached hydrogens (tertiary/aromatic N) is 1. The molecule has 0 aromatic heterocycles. The summed E-state index contributed by atoms with van der Waals surface area (Å²) in [6, 6.07) is 8.07. The van der Waals surface area contributed by atoms with E-state index in [2.05, 4.69) is 6.07 Å². The maximum atomic E-state index is 10.8. The van der Waals surface area contributed by atoms with Crippen LogP contribution < -0.4 is 0 Å². The molecule has 0 atom stereocenters. The van der Waals surface area contributed by atoms with Crippen molar-refractivity contribution in [2.75, 3.05) is 6.54 Å². The molecule has 74 valence electrons. The van der Waals surface area contributed by atoms with Gasteiger partial charge in [0.2, 0.25) is 0 Å². The van der Waals surface area contributed by atoms with Gasteiger partial charge in [0.05, 0.1) is 0 Å². The van der Waals surface area contributed by atoms with Crippen molar-refractivity contribution in [1.82, 2.24) is 4.90 Å². The van der Waals surface area contributed by atoms with Gasteiger partial charge in [-0.25, -0.2) is 4.79 Å². The highest BCUT2D eigenvalue weighted by atomic mass is 16.4. The van der Waals surface area contributed by atoms with E-state index >= 15 is 0 Å². The first-order valence-electron chi connectivity index (χ1n) is 4.82. The Bertz CT molecular complexity index is 349. The van der Waals surface area contributed by atoms with Gasteiger partial charge >= 0.3 is 6.09 Å². The fourth-order valence-corrected chi connectivity index (χ4v) is 1.86. The smallest absolute Gasteiger partial charge is 0.407 e. The minimum atomic E-state index is -0.818. The van der Waals surface area contributed by atoms with Crippen molar-refractivity contribution in [2.45, 2.75) is 19.4 Å². The molecular weight excluding hydrogens is 178 g/mol. The summed E-state index contributed by atoms with van der Waals surface area (Å²) < 4.78 is 0. The van der Waals surface area contributed by atoms with Gasteiger partial charge in [-0.2, -0.15) is 0 Å². The summed E-state index contributed by atoms with van der Waals surface area (Å²) >= 11 is 0. The van der Waals surface area contributed by atoms with Gasteiger partial charge in [0, 0.05) is 13.1 Å². The van der Waals surface area contributed by atoms with Crippen molar-refractivity contribution in [3.63, 3.8) is 0 Å². The monoisotopic (exact) mass is 191 g/mol.